The van der Waals surface area contributed by atoms with Crippen molar-refractivity contribution in [2.75, 3.05) is 31.6 Å². The van der Waals surface area contributed by atoms with Gasteiger partial charge in [0, 0.05) is 32.5 Å². The third kappa shape index (κ3) is 4.18. The molecule has 2 atom stereocenters. The molecule has 1 amide bonds. The fourth-order valence-corrected chi connectivity index (χ4v) is 4.27. The SMILES string of the molecule is Cc1ccc2nc3nc(NC[C@H]4CCCO4)c(C(=O)NC[C@@H]4CCCO4)cc3c(=O)n2c1. The number of aryl methyl sites for hydroxylation is 1. The van der Waals surface area contributed by atoms with Crippen LogP contribution in [0.1, 0.15) is 41.6 Å². The molecule has 3 aromatic rings. The maximum Gasteiger partial charge on any atom is 0.267 e. The number of amides is 1. The smallest absolute Gasteiger partial charge is 0.267 e. The van der Waals surface area contributed by atoms with E-state index in [9.17, 15) is 9.59 Å². The molecule has 32 heavy (non-hydrogen) atoms. The summed E-state index contributed by atoms with van der Waals surface area (Å²) in [6.45, 7) is 4.35. The van der Waals surface area contributed by atoms with Gasteiger partial charge in [-0.05, 0) is 50.3 Å². The molecule has 9 heteroatoms. The predicted molar refractivity (Wildman–Crippen MR) is 120 cm³/mol. The van der Waals surface area contributed by atoms with Crippen LogP contribution in [0, 0.1) is 6.92 Å². The van der Waals surface area contributed by atoms with Gasteiger partial charge in [0.2, 0.25) is 0 Å². The fraction of sp³-hybridized carbons (Fsp3) is 0.478. The van der Waals surface area contributed by atoms with E-state index in [1.54, 1.807) is 18.3 Å². The van der Waals surface area contributed by atoms with Crippen LogP contribution in [-0.2, 0) is 9.47 Å². The first kappa shape index (κ1) is 20.8. The number of ether oxygens (including phenoxy) is 2. The molecule has 0 radical (unpaired) electrons. The Labute approximate surface area is 185 Å². The monoisotopic (exact) mass is 437 g/mol. The van der Waals surface area contributed by atoms with Crippen LogP contribution in [0.15, 0.2) is 29.2 Å². The molecule has 0 aliphatic carbocycles. The van der Waals surface area contributed by atoms with E-state index in [1.807, 2.05) is 13.0 Å². The summed E-state index contributed by atoms with van der Waals surface area (Å²) >= 11 is 0. The Morgan fingerprint density at radius 3 is 2.59 bits per heavy atom. The lowest BCUT2D eigenvalue weighted by Gasteiger charge is -2.16. The Bertz CT molecular complexity index is 1210. The second-order valence-electron chi connectivity index (χ2n) is 8.47. The van der Waals surface area contributed by atoms with Gasteiger partial charge in [-0.1, -0.05) is 6.07 Å². The number of aromatic nitrogens is 3. The second kappa shape index (κ2) is 8.84. The zero-order valence-corrected chi connectivity index (χ0v) is 18.1. The number of pyridine rings is 2. The number of anilines is 1. The summed E-state index contributed by atoms with van der Waals surface area (Å²) < 4.78 is 12.8. The lowest BCUT2D eigenvalue weighted by Crippen LogP contribution is -2.33. The van der Waals surface area contributed by atoms with Crippen molar-refractivity contribution in [1.82, 2.24) is 19.7 Å². The molecule has 2 aliphatic rings. The largest absolute Gasteiger partial charge is 0.376 e. The predicted octanol–water partition coefficient (Wildman–Crippen LogP) is 2.05. The molecule has 2 fully saturated rings. The zero-order chi connectivity index (χ0) is 22.1. The highest BCUT2D eigenvalue weighted by Crippen LogP contribution is 2.21. The van der Waals surface area contributed by atoms with Crippen molar-refractivity contribution in [2.45, 2.75) is 44.8 Å². The van der Waals surface area contributed by atoms with Gasteiger partial charge in [-0.3, -0.25) is 14.0 Å². The number of carbonyl (C=O) groups excluding carboxylic acids is 1. The van der Waals surface area contributed by atoms with Gasteiger partial charge in [0.1, 0.15) is 11.5 Å². The molecule has 0 aromatic carbocycles. The van der Waals surface area contributed by atoms with Gasteiger partial charge >= 0.3 is 0 Å². The first-order chi connectivity index (χ1) is 15.6. The average Bonchev–Trinajstić information content (AvgIpc) is 3.50. The number of fused-ring (bicyclic) bond motifs is 2. The minimum atomic E-state index is -0.293. The molecule has 2 aliphatic heterocycles. The standard InChI is InChI=1S/C23H27N5O4/c1-14-6-7-19-26-21-18(23(30)28(19)13-14)10-17(22(29)25-12-16-5-3-9-32-16)20(27-21)24-11-15-4-2-8-31-15/h6-7,10,13,15-16H,2-5,8-9,11-12H2,1H3,(H,24,27)(H,25,29)/t15-,16+/m1/s1. The van der Waals surface area contributed by atoms with Crippen LogP contribution < -0.4 is 16.2 Å². The number of carbonyl (C=O) groups is 1. The maximum absolute atomic E-state index is 13.2. The quantitative estimate of drug-likeness (QED) is 0.569. The number of rotatable bonds is 6. The molecule has 3 aromatic heterocycles. The normalized spacial score (nSPS) is 20.8. The summed E-state index contributed by atoms with van der Waals surface area (Å²) in [6, 6.07) is 5.28. The van der Waals surface area contributed by atoms with Crippen LogP contribution in [0.25, 0.3) is 16.7 Å². The van der Waals surface area contributed by atoms with E-state index in [0.717, 1.165) is 44.5 Å². The zero-order valence-electron chi connectivity index (χ0n) is 18.1. The fourth-order valence-electron chi connectivity index (χ4n) is 4.27. The highest BCUT2D eigenvalue weighted by Gasteiger charge is 2.22. The summed E-state index contributed by atoms with van der Waals surface area (Å²) in [4.78, 5) is 35.4. The van der Waals surface area contributed by atoms with E-state index in [0.29, 0.717) is 41.2 Å². The van der Waals surface area contributed by atoms with E-state index in [2.05, 4.69) is 20.6 Å². The Morgan fingerprint density at radius 2 is 1.88 bits per heavy atom. The van der Waals surface area contributed by atoms with Crippen molar-refractivity contribution in [1.29, 1.82) is 0 Å². The van der Waals surface area contributed by atoms with Crippen LogP contribution in [-0.4, -0.2) is 58.8 Å². The topological polar surface area (TPSA) is 107 Å². The Hall–Kier alpha value is -3.04. The molecule has 168 valence electrons. The van der Waals surface area contributed by atoms with E-state index < -0.39 is 0 Å². The molecule has 2 saturated heterocycles. The minimum Gasteiger partial charge on any atom is -0.376 e. The van der Waals surface area contributed by atoms with E-state index in [4.69, 9.17) is 9.47 Å². The molecule has 0 spiro atoms. The molecule has 5 heterocycles. The van der Waals surface area contributed by atoms with Gasteiger partial charge < -0.3 is 20.1 Å². The molecular formula is C23H27N5O4. The molecule has 9 nitrogen and oxygen atoms in total. The van der Waals surface area contributed by atoms with Crippen LogP contribution in [0.5, 0.6) is 0 Å². The Morgan fingerprint density at radius 1 is 1.12 bits per heavy atom. The third-order valence-corrected chi connectivity index (χ3v) is 6.03. The van der Waals surface area contributed by atoms with Crippen LogP contribution in [0.4, 0.5) is 5.82 Å². The summed E-state index contributed by atoms with van der Waals surface area (Å²) in [6.07, 6.45) is 5.76. The van der Waals surface area contributed by atoms with Crippen molar-refractivity contribution in [2.24, 2.45) is 0 Å². The van der Waals surface area contributed by atoms with Crippen molar-refractivity contribution >= 4 is 28.4 Å². The van der Waals surface area contributed by atoms with E-state index >= 15 is 0 Å². The van der Waals surface area contributed by atoms with Gasteiger partial charge in [0.25, 0.3) is 11.5 Å². The molecule has 0 unspecified atom stereocenters. The molecule has 0 bridgehead atoms. The van der Waals surface area contributed by atoms with Crippen molar-refractivity contribution < 1.29 is 14.3 Å². The first-order valence-corrected chi connectivity index (χ1v) is 11.2. The number of nitrogens with zero attached hydrogens (tertiary/aromatic N) is 3. The molecule has 2 N–H and O–H groups in total. The summed E-state index contributed by atoms with van der Waals surface area (Å²) in [5, 5.41) is 6.49. The highest BCUT2D eigenvalue weighted by molar-refractivity contribution is 6.01. The summed E-state index contributed by atoms with van der Waals surface area (Å²) in [5.74, 6) is 0.111. The van der Waals surface area contributed by atoms with Gasteiger partial charge in [-0.15, -0.1) is 0 Å². The van der Waals surface area contributed by atoms with E-state index in [1.165, 1.54) is 4.40 Å². The molecule has 0 saturated carbocycles. The summed E-state index contributed by atoms with van der Waals surface area (Å²) in [5.41, 5.74) is 1.84. The maximum atomic E-state index is 13.2. The lowest BCUT2D eigenvalue weighted by molar-refractivity contribution is 0.0858. The molecular weight excluding hydrogens is 410 g/mol. The number of nitrogens with one attached hydrogen (secondary N) is 2. The van der Waals surface area contributed by atoms with Crippen LogP contribution >= 0.6 is 0 Å². The number of hydrogen-bond acceptors (Lipinski definition) is 7. The Balaban J connectivity index is 1.52. The lowest BCUT2D eigenvalue weighted by atomic mass is 10.1. The van der Waals surface area contributed by atoms with Crippen molar-refractivity contribution in [3.63, 3.8) is 0 Å². The summed E-state index contributed by atoms with van der Waals surface area (Å²) in [7, 11) is 0. The second-order valence-corrected chi connectivity index (χ2v) is 8.47. The van der Waals surface area contributed by atoms with Gasteiger partial charge in [-0.25, -0.2) is 9.97 Å². The Kier molecular flexibility index (Phi) is 5.75. The van der Waals surface area contributed by atoms with Gasteiger partial charge in [0.05, 0.1) is 23.2 Å². The first-order valence-electron chi connectivity index (χ1n) is 11.2. The van der Waals surface area contributed by atoms with Gasteiger partial charge in [0.15, 0.2) is 5.65 Å². The minimum absolute atomic E-state index is 0.0230. The number of hydrogen-bond donors (Lipinski definition) is 2. The highest BCUT2D eigenvalue weighted by atomic mass is 16.5. The van der Waals surface area contributed by atoms with Crippen LogP contribution in [0.3, 0.4) is 0 Å². The van der Waals surface area contributed by atoms with Crippen molar-refractivity contribution in [3.05, 3.63) is 45.9 Å². The van der Waals surface area contributed by atoms with Crippen LogP contribution in [0.2, 0.25) is 0 Å². The van der Waals surface area contributed by atoms with Crippen molar-refractivity contribution in [3.8, 4) is 0 Å². The van der Waals surface area contributed by atoms with Gasteiger partial charge in [-0.2, -0.15) is 0 Å². The molecule has 5 rings (SSSR count). The van der Waals surface area contributed by atoms with E-state index in [-0.39, 0.29) is 23.7 Å². The third-order valence-electron chi connectivity index (χ3n) is 6.03. The average molecular weight is 438 g/mol.